The molecule has 2 aromatic rings. The third-order valence-corrected chi connectivity index (χ3v) is 6.45. The summed E-state index contributed by atoms with van der Waals surface area (Å²) in [5.74, 6) is -0.427. The number of amides is 2. The van der Waals surface area contributed by atoms with Gasteiger partial charge in [0, 0.05) is 17.5 Å². The molecule has 0 aliphatic carbocycles. The highest BCUT2D eigenvalue weighted by Crippen LogP contribution is 2.23. The van der Waals surface area contributed by atoms with E-state index < -0.39 is 6.04 Å². The topological polar surface area (TPSA) is 100 Å². The third-order valence-electron chi connectivity index (χ3n) is 4.89. The number of likely N-dealkylation sites (N-methyl/N-ethyl adjacent to an activating group) is 1. The fourth-order valence-corrected chi connectivity index (χ4v) is 4.27. The van der Waals surface area contributed by atoms with Crippen molar-refractivity contribution < 1.29 is 9.59 Å². The summed E-state index contributed by atoms with van der Waals surface area (Å²) in [6, 6.07) is 4.23. The highest BCUT2D eigenvalue weighted by atomic mass is 35.5. The van der Waals surface area contributed by atoms with Crippen molar-refractivity contribution >= 4 is 51.5 Å². The number of hydrogen-bond acceptors (Lipinski definition) is 6. The fourth-order valence-electron chi connectivity index (χ4n) is 3.32. The third kappa shape index (κ3) is 5.82. The Morgan fingerprint density at radius 3 is 2.79 bits per heavy atom. The van der Waals surface area contributed by atoms with Gasteiger partial charge in [-0.1, -0.05) is 29.3 Å². The van der Waals surface area contributed by atoms with E-state index in [-0.39, 0.29) is 17.9 Å². The molecule has 0 spiro atoms. The summed E-state index contributed by atoms with van der Waals surface area (Å²) in [5.41, 5.74) is 6.44. The first-order chi connectivity index (χ1) is 13.8. The SMILES string of the molecule is CN1CCCC1C(=O)N[C@@H](Cc1ccc(Cl)c(Cl)c1)C(=O)NCc1cnc(N)s1. The average molecular weight is 456 g/mol. The quantitative estimate of drug-likeness (QED) is 0.595. The first-order valence-corrected chi connectivity index (χ1v) is 10.8. The number of nitrogen functional groups attached to an aromatic ring is 1. The van der Waals surface area contributed by atoms with Crippen LogP contribution in [-0.2, 0) is 22.6 Å². The van der Waals surface area contributed by atoms with Crippen molar-refractivity contribution in [2.45, 2.75) is 37.9 Å². The first-order valence-electron chi connectivity index (χ1n) is 9.26. The van der Waals surface area contributed by atoms with Gasteiger partial charge in [-0.3, -0.25) is 14.5 Å². The monoisotopic (exact) mass is 455 g/mol. The molecule has 0 bridgehead atoms. The molecular weight excluding hydrogens is 433 g/mol. The largest absolute Gasteiger partial charge is 0.375 e. The van der Waals surface area contributed by atoms with E-state index in [1.807, 2.05) is 11.9 Å². The number of carbonyl (C=O) groups excluding carboxylic acids is 2. The van der Waals surface area contributed by atoms with Crippen LogP contribution in [0.1, 0.15) is 23.3 Å². The van der Waals surface area contributed by atoms with E-state index >= 15 is 0 Å². The molecule has 1 aliphatic heterocycles. The van der Waals surface area contributed by atoms with Crippen LogP contribution in [0.4, 0.5) is 5.13 Å². The first kappa shape index (κ1) is 21.8. The molecule has 29 heavy (non-hydrogen) atoms. The van der Waals surface area contributed by atoms with Crippen molar-refractivity contribution in [1.82, 2.24) is 20.5 Å². The Morgan fingerprint density at radius 1 is 1.38 bits per heavy atom. The molecule has 4 N–H and O–H groups in total. The Labute approximate surface area is 183 Å². The molecule has 1 fully saturated rings. The van der Waals surface area contributed by atoms with Crippen LogP contribution in [-0.4, -0.2) is 47.4 Å². The predicted octanol–water partition coefficient (Wildman–Crippen LogP) is 2.47. The molecule has 1 aromatic carbocycles. The number of nitrogens with two attached hydrogens (primary N) is 1. The van der Waals surface area contributed by atoms with Crippen LogP contribution >= 0.6 is 34.5 Å². The molecule has 1 aromatic heterocycles. The van der Waals surface area contributed by atoms with Gasteiger partial charge >= 0.3 is 0 Å². The van der Waals surface area contributed by atoms with Crippen LogP contribution < -0.4 is 16.4 Å². The second kappa shape index (κ2) is 9.75. The molecular formula is C19H23Cl2N5O2S. The van der Waals surface area contributed by atoms with Gasteiger partial charge in [0.15, 0.2) is 5.13 Å². The van der Waals surface area contributed by atoms with Crippen LogP contribution in [0.3, 0.4) is 0 Å². The second-order valence-electron chi connectivity index (χ2n) is 7.04. The molecule has 0 saturated carbocycles. The Morgan fingerprint density at radius 2 is 2.17 bits per heavy atom. The van der Waals surface area contributed by atoms with Crippen molar-refractivity contribution in [3.05, 3.63) is 44.9 Å². The van der Waals surface area contributed by atoms with Crippen molar-refractivity contribution in [2.24, 2.45) is 0 Å². The van der Waals surface area contributed by atoms with E-state index in [9.17, 15) is 9.59 Å². The summed E-state index contributed by atoms with van der Waals surface area (Å²) in [6.07, 6.45) is 3.67. The minimum atomic E-state index is -0.737. The molecule has 10 heteroatoms. The van der Waals surface area contributed by atoms with Crippen molar-refractivity contribution in [2.75, 3.05) is 19.3 Å². The lowest BCUT2D eigenvalue weighted by atomic mass is 10.0. The van der Waals surface area contributed by atoms with E-state index in [0.717, 1.165) is 29.8 Å². The number of aromatic nitrogens is 1. The molecule has 156 valence electrons. The molecule has 1 unspecified atom stereocenters. The smallest absolute Gasteiger partial charge is 0.243 e. The molecule has 0 radical (unpaired) electrons. The summed E-state index contributed by atoms with van der Waals surface area (Å²) in [7, 11) is 1.92. The van der Waals surface area contributed by atoms with Crippen LogP contribution in [0.15, 0.2) is 24.4 Å². The summed E-state index contributed by atoms with van der Waals surface area (Å²) in [6.45, 7) is 1.17. The Bertz CT molecular complexity index is 891. The van der Waals surface area contributed by atoms with E-state index in [1.54, 1.807) is 24.4 Å². The number of hydrogen-bond donors (Lipinski definition) is 3. The molecule has 2 heterocycles. The highest BCUT2D eigenvalue weighted by molar-refractivity contribution is 7.15. The maximum Gasteiger partial charge on any atom is 0.243 e. The predicted molar refractivity (Wildman–Crippen MR) is 116 cm³/mol. The number of anilines is 1. The van der Waals surface area contributed by atoms with Gasteiger partial charge in [-0.15, -0.1) is 11.3 Å². The Balaban J connectivity index is 1.71. The van der Waals surface area contributed by atoms with Crippen LogP contribution in [0.5, 0.6) is 0 Å². The van der Waals surface area contributed by atoms with Gasteiger partial charge in [-0.25, -0.2) is 4.98 Å². The minimum absolute atomic E-state index is 0.146. The number of nitrogens with zero attached hydrogens (tertiary/aromatic N) is 2. The van der Waals surface area contributed by atoms with Crippen LogP contribution in [0.25, 0.3) is 0 Å². The van der Waals surface area contributed by atoms with Crippen molar-refractivity contribution in [3.63, 3.8) is 0 Å². The lowest BCUT2D eigenvalue weighted by Gasteiger charge is -2.23. The standard InChI is InChI=1S/C19H23Cl2N5O2S/c1-26-6-2-3-16(26)18(28)25-15(8-11-4-5-13(20)14(21)7-11)17(27)23-9-12-10-24-19(22)29-12/h4-5,7,10,15-16H,2-3,6,8-9H2,1H3,(H2,22,24)(H,23,27)(H,25,28)/t15-,16?/m0/s1. The number of thiazole rings is 1. The van der Waals surface area contributed by atoms with Gasteiger partial charge in [-0.2, -0.15) is 0 Å². The van der Waals surface area contributed by atoms with Gasteiger partial charge in [-0.05, 0) is 44.1 Å². The van der Waals surface area contributed by atoms with Gasteiger partial charge in [0.2, 0.25) is 11.8 Å². The van der Waals surface area contributed by atoms with Gasteiger partial charge in [0.05, 0.1) is 22.6 Å². The second-order valence-corrected chi connectivity index (χ2v) is 9.00. The van der Waals surface area contributed by atoms with Crippen molar-refractivity contribution in [1.29, 1.82) is 0 Å². The number of nitrogens with one attached hydrogen (secondary N) is 2. The summed E-state index contributed by atoms with van der Waals surface area (Å²) < 4.78 is 0. The Hall–Kier alpha value is -1.87. The van der Waals surface area contributed by atoms with Crippen LogP contribution in [0.2, 0.25) is 10.0 Å². The molecule has 2 amide bonds. The average Bonchev–Trinajstić information content (AvgIpc) is 3.30. The molecule has 2 atom stereocenters. The zero-order valence-electron chi connectivity index (χ0n) is 16.0. The van der Waals surface area contributed by atoms with Crippen LogP contribution in [0, 0.1) is 0 Å². The zero-order valence-corrected chi connectivity index (χ0v) is 18.3. The Kier molecular flexibility index (Phi) is 7.34. The van der Waals surface area contributed by atoms with E-state index in [2.05, 4.69) is 15.6 Å². The number of carbonyl (C=O) groups is 2. The van der Waals surface area contributed by atoms with Gasteiger partial charge in [0.25, 0.3) is 0 Å². The van der Waals surface area contributed by atoms with E-state index in [0.29, 0.717) is 28.1 Å². The van der Waals surface area contributed by atoms with Crippen molar-refractivity contribution in [3.8, 4) is 0 Å². The maximum atomic E-state index is 12.9. The molecule has 3 rings (SSSR count). The van der Waals surface area contributed by atoms with E-state index in [1.165, 1.54) is 11.3 Å². The molecule has 1 saturated heterocycles. The lowest BCUT2D eigenvalue weighted by Crippen LogP contribution is -2.52. The summed E-state index contributed by atoms with van der Waals surface area (Å²) in [5, 5.41) is 7.05. The number of halogens is 2. The van der Waals surface area contributed by atoms with Gasteiger partial charge < -0.3 is 16.4 Å². The lowest BCUT2D eigenvalue weighted by molar-refractivity contribution is -0.131. The minimum Gasteiger partial charge on any atom is -0.375 e. The fraction of sp³-hybridized carbons (Fsp3) is 0.421. The van der Waals surface area contributed by atoms with E-state index in [4.69, 9.17) is 28.9 Å². The number of likely N-dealkylation sites (tertiary alicyclic amines) is 1. The number of benzene rings is 1. The number of rotatable bonds is 7. The zero-order chi connectivity index (χ0) is 21.0. The molecule has 7 nitrogen and oxygen atoms in total. The molecule has 1 aliphatic rings. The highest BCUT2D eigenvalue weighted by Gasteiger charge is 2.31. The maximum absolute atomic E-state index is 12.9. The summed E-state index contributed by atoms with van der Waals surface area (Å²) in [4.78, 5) is 32.4. The summed E-state index contributed by atoms with van der Waals surface area (Å²) >= 11 is 13.4. The normalized spacial score (nSPS) is 17.8. The van der Waals surface area contributed by atoms with Gasteiger partial charge in [0.1, 0.15) is 6.04 Å².